The van der Waals surface area contributed by atoms with E-state index in [9.17, 15) is 15.5 Å². The average Bonchev–Trinajstić information content (AvgIpc) is 2.38. The normalized spacial score (nSPS) is 11.2. The van der Waals surface area contributed by atoms with Gasteiger partial charge >= 0.3 is 0 Å². The van der Waals surface area contributed by atoms with Crippen LogP contribution in [0.15, 0.2) is 24.4 Å². The fourth-order valence-corrected chi connectivity index (χ4v) is 2.15. The molecule has 0 aliphatic carbocycles. The lowest BCUT2D eigenvalue weighted by Gasteiger charge is -2.12. The summed E-state index contributed by atoms with van der Waals surface area (Å²) in [4.78, 5) is 4.23. The Balaban J connectivity index is 2.71. The van der Waals surface area contributed by atoms with E-state index in [1.807, 2.05) is 0 Å². The highest BCUT2D eigenvalue weighted by atomic mass is 16.5. The molecule has 98 valence electrons. The van der Waals surface area contributed by atoms with Crippen LogP contribution in [0.5, 0.6) is 0 Å². The first-order valence-corrected chi connectivity index (χ1v) is 6.20. The number of aliphatic hydroxyl groups is 2. The van der Waals surface area contributed by atoms with E-state index in [0.717, 1.165) is 22.9 Å². The van der Waals surface area contributed by atoms with Gasteiger partial charge in [-0.2, -0.15) is 5.26 Å². The Morgan fingerprint density at radius 2 is 2.05 bits per heavy atom. The van der Waals surface area contributed by atoms with E-state index in [1.54, 1.807) is 24.4 Å². The zero-order valence-electron chi connectivity index (χ0n) is 11.0. The van der Waals surface area contributed by atoms with Gasteiger partial charge in [-0.3, -0.25) is 4.98 Å². The van der Waals surface area contributed by atoms with Crippen LogP contribution < -0.4 is 0 Å². The van der Waals surface area contributed by atoms with Gasteiger partial charge in [-0.25, -0.2) is 0 Å². The van der Waals surface area contributed by atoms with Crippen molar-refractivity contribution >= 4 is 10.9 Å². The number of hydrogen-bond donors (Lipinski definition) is 2. The Hall–Kier alpha value is -1.96. The quantitative estimate of drug-likeness (QED) is 0.826. The largest absolute Gasteiger partial charge is 0.364 e. The summed E-state index contributed by atoms with van der Waals surface area (Å²) in [5.41, 5.74) is 2.64. The number of rotatable bonds is 3. The molecule has 2 N–H and O–H groups in total. The third-order valence-corrected chi connectivity index (χ3v) is 3.03. The molecular formula is C15H16N2O2. The number of nitriles is 1. The molecule has 0 aliphatic rings. The molecule has 0 saturated carbocycles. The lowest BCUT2D eigenvalue weighted by Crippen LogP contribution is -2.02. The summed E-state index contributed by atoms with van der Waals surface area (Å²) in [5.74, 6) is 0.403. The molecule has 4 heteroatoms. The van der Waals surface area contributed by atoms with Crippen molar-refractivity contribution in [1.82, 2.24) is 4.98 Å². The second-order valence-electron chi connectivity index (χ2n) is 5.01. The Kier molecular flexibility index (Phi) is 3.79. The van der Waals surface area contributed by atoms with Gasteiger partial charge in [-0.1, -0.05) is 19.9 Å². The maximum Gasteiger partial charge on any atom is 0.178 e. The third-order valence-electron chi connectivity index (χ3n) is 3.03. The summed E-state index contributed by atoms with van der Waals surface area (Å²) in [5, 5.41) is 28.5. The number of benzene rings is 1. The lowest BCUT2D eigenvalue weighted by molar-refractivity contribution is -0.0423. The van der Waals surface area contributed by atoms with Crippen LogP contribution in [0.4, 0.5) is 0 Å². The van der Waals surface area contributed by atoms with Crippen LogP contribution in [0.25, 0.3) is 10.9 Å². The van der Waals surface area contributed by atoms with Crippen molar-refractivity contribution < 1.29 is 10.2 Å². The van der Waals surface area contributed by atoms with Gasteiger partial charge in [0.25, 0.3) is 0 Å². The molecule has 0 amide bonds. The summed E-state index contributed by atoms with van der Waals surface area (Å²) in [6, 6.07) is 7.23. The van der Waals surface area contributed by atoms with Crippen molar-refractivity contribution in [2.75, 3.05) is 0 Å². The predicted octanol–water partition coefficient (Wildman–Crippen LogP) is 2.29. The highest BCUT2D eigenvalue weighted by molar-refractivity contribution is 5.84. The molecule has 0 spiro atoms. The van der Waals surface area contributed by atoms with Crippen LogP contribution in [-0.2, 0) is 6.42 Å². The highest BCUT2D eigenvalue weighted by Crippen LogP contribution is 2.25. The van der Waals surface area contributed by atoms with E-state index < -0.39 is 6.29 Å². The molecule has 4 nitrogen and oxygen atoms in total. The molecule has 0 saturated heterocycles. The predicted molar refractivity (Wildman–Crippen MR) is 72.2 cm³/mol. The topological polar surface area (TPSA) is 77.1 Å². The first kappa shape index (κ1) is 13.5. The summed E-state index contributed by atoms with van der Waals surface area (Å²) in [6.07, 6.45) is 0.823. The van der Waals surface area contributed by atoms with Crippen LogP contribution in [-0.4, -0.2) is 15.2 Å². The SMILES string of the molecule is CC(C)Cc1c(C#N)cnc2ccc(C(O)O)cc12. The molecule has 2 rings (SSSR count). The minimum atomic E-state index is -1.51. The van der Waals surface area contributed by atoms with Gasteiger partial charge in [-0.05, 0) is 30.0 Å². The average molecular weight is 256 g/mol. The summed E-state index contributed by atoms with van der Waals surface area (Å²) < 4.78 is 0. The van der Waals surface area contributed by atoms with E-state index in [0.29, 0.717) is 17.0 Å². The number of aromatic nitrogens is 1. The molecule has 19 heavy (non-hydrogen) atoms. The number of aliphatic hydroxyl groups excluding tert-OH is 1. The zero-order valence-corrected chi connectivity index (χ0v) is 11.0. The van der Waals surface area contributed by atoms with Crippen molar-refractivity contribution in [2.45, 2.75) is 26.6 Å². The van der Waals surface area contributed by atoms with Crippen LogP contribution in [0, 0.1) is 17.2 Å². The molecular weight excluding hydrogens is 240 g/mol. The Morgan fingerprint density at radius 1 is 1.32 bits per heavy atom. The molecule has 1 aromatic heterocycles. The van der Waals surface area contributed by atoms with Crippen molar-refractivity contribution in [3.8, 4) is 6.07 Å². The minimum absolute atomic E-state index is 0.403. The second kappa shape index (κ2) is 5.35. The van der Waals surface area contributed by atoms with E-state index in [2.05, 4.69) is 24.9 Å². The van der Waals surface area contributed by atoms with E-state index in [1.165, 1.54) is 0 Å². The van der Waals surface area contributed by atoms with Crippen LogP contribution >= 0.6 is 0 Å². The number of hydrogen-bond acceptors (Lipinski definition) is 4. The summed E-state index contributed by atoms with van der Waals surface area (Å²) >= 11 is 0. The first-order chi connectivity index (χ1) is 9.02. The number of pyridine rings is 1. The maximum atomic E-state index is 9.25. The van der Waals surface area contributed by atoms with Gasteiger partial charge < -0.3 is 10.2 Å². The summed E-state index contributed by atoms with van der Waals surface area (Å²) in [7, 11) is 0. The molecule has 0 atom stereocenters. The van der Waals surface area contributed by atoms with E-state index in [-0.39, 0.29) is 0 Å². The van der Waals surface area contributed by atoms with Crippen molar-refractivity contribution in [3.05, 3.63) is 41.1 Å². The lowest BCUT2D eigenvalue weighted by atomic mass is 9.94. The molecule has 1 aromatic carbocycles. The van der Waals surface area contributed by atoms with Gasteiger partial charge in [0, 0.05) is 17.1 Å². The van der Waals surface area contributed by atoms with Gasteiger partial charge in [0.2, 0.25) is 0 Å². The standard InChI is InChI=1S/C15H16N2O2/c1-9(2)5-12-11(7-16)8-17-14-4-3-10(15(18)19)6-13(12)14/h3-4,6,8-9,15,18-19H,5H2,1-2H3. The monoisotopic (exact) mass is 256 g/mol. The molecule has 0 unspecified atom stereocenters. The minimum Gasteiger partial charge on any atom is -0.364 e. The van der Waals surface area contributed by atoms with E-state index >= 15 is 0 Å². The highest BCUT2D eigenvalue weighted by Gasteiger charge is 2.12. The fourth-order valence-electron chi connectivity index (χ4n) is 2.15. The van der Waals surface area contributed by atoms with Gasteiger partial charge in [0.1, 0.15) is 6.07 Å². The summed E-state index contributed by atoms with van der Waals surface area (Å²) in [6.45, 7) is 4.16. The molecule has 0 aliphatic heterocycles. The first-order valence-electron chi connectivity index (χ1n) is 6.20. The Morgan fingerprint density at radius 3 is 2.63 bits per heavy atom. The molecule has 0 fully saturated rings. The van der Waals surface area contributed by atoms with Crippen LogP contribution in [0.1, 0.15) is 36.8 Å². The second-order valence-corrected chi connectivity index (χ2v) is 5.01. The van der Waals surface area contributed by atoms with Crippen LogP contribution in [0.2, 0.25) is 0 Å². The zero-order chi connectivity index (χ0) is 14.0. The number of fused-ring (bicyclic) bond motifs is 1. The van der Waals surface area contributed by atoms with Crippen molar-refractivity contribution in [3.63, 3.8) is 0 Å². The molecule has 0 radical (unpaired) electrons. The van der Waals surface area contributed by atoms with Crippen LogP contribution in [0.3, 0.4) is 0 Å². The molecule has 0 bridgehead atoms. The molecule has 1 heterocycles. The third kappa shape index (κ3) is 2.73. The number of nitrogens with zero attached hydrogens (tertiary/aromatic N) is 2. The maximum absolute atomic E-state index is 9.25. The van der Waals surface area contributed by atoms with Gasteiger partial charge in [0.05, 0.1) is 11.1 Å². The van der Waals surface area contributed by atoms with Crippen molar-refractivity contribution in [2.24, 2.45) is 5.92 Å². The van der Waals surface area contributed by atoms with Gasteiger partial charge in [0.15, 0.2) is 6.29 Å². The van der Waals surface area contributed by atoms with Crippen molar-refractivity contribution in [1.29, 1.82) is 5.26 Å². The smallest absolute Gasteiger partial charge is 0.178 e. The molecule has 2 aromatic rings. The fraction of sp³-hybridized carbons (Fsp3) is 0.333. The Labute approximate surface area is 112 Å². The Bertz CT molecular complexity index is 642. The van der Waals surface area contributed by atoms with E-state index in [4.69, 9.17) is 0 Å². The van der Waals surface area contributed by atoms with Gasteiger partial charge in [-0.15, -0.1) is 0 Å².